The van der Waals surface area contributed by atoms with Crippen molar-refractivity contribution >= 4 is 20.5 Å². The molecule has 0 aromatic heterocycles. The minimum absolute atomic E-state index is 0. The standard InChI is InChI=1S/C7H9P.C2H4O2.K/c1-6-4-2-3-5-7(6)8;1-2(3)4;/h2-5H,8H2,1H3;1H3,(H,3,4);/q;;+1/p-1. The zero-order valence-electron chi connectivity index (χ0n) is 8.20. The van der Waals surface area contributed by atoms with E-state index in [0.29, 0.717) is 0 Å². The molecule has 0 fully saturated rings. The molecule has 66 valence electrons. The Labute approximate surface area is 124 Å². The summed E-state index contributed by atoms with van der Waals surface area (Å²) in [6, 6.07) is 8.26. The zero-order valence-corrected chi connectivity index (χ0v) is 12.5. The van der Waals surface area contributed by atoms with E-state index < -0.39 is 5.97 Å². The van der Waals surface area contributed by atoms with Crippen LogP contribution in [0.4, 0.5) is 0 Å². The molecule has 0 N–H and O–H groups in total. The summed E-state index contributed by atoms with van der Waals surface area (Å²) in [6.07, 6.45) is 0. The van der Waals surface area contributed by atoms with Crippen LogP contribution >= 0.6 is 9.24 Å². The smallest absolute Gasteiger partial charge is 0.550 e. The molecular weight excluding hydrogens is 210 g/mol. The molecule has 0 heterocycles. The number of hydrogen-bond donors (Lipinski definition) is 0. The average molecular weight is 222 g/mol. The second-order valence-corrected chi connectivity index (χ2v) is 2.97. The van der Waals surface area contributed by atoms with Crippen LogP contribution < -0.4 is 61.8 Å². The van der Waals surface area contributed by atoms with E-state index in [0.717, 1.165) is 6.92 Å². The molecule has 0 radical (unpaired) electrons. The average Bonchev–Trinajstić information content (AvgIpc) is 1.94. The molecule has 4 heteroatoms. The summed E-state index contributed by atoms with van der Waals surface area (Å²) in [5.74, 6) is -1.08. The van der Waals surface area contributed by atoms with E-state index in [4.69, 9.17) is 9.90 Å². The maximum Gasteiger partial charge on any atom is 1.00 e. The van der Waals surface area contributed by atoms with Gasteiger partial charge in [-0.15, -0.1) is 9.24 Å². The molecule has 0 saturated heterocycles. The molecular formula is C9H12KO2P. The molecule has 0 amide bonds. The van der Waals surface area contributed by atoms with Crippen LogP contribution in [0.3, 0.4) is 0 Å². The Balaban J connectivity index is 0. The molecule has 1 aromatic carbocycles. The number of aryl methyl sites for hydroxylation is 1. The normalized spacial score (nSPS) is 7.62. The van der Waals surface area contributed by atoms with E-state index in [-0.39, 0.29) is 51.4 Å². The minimum atomic E-state index is -1.08. The van der Waals surface area contributed by atoms with Crippen molar-refractivity contribution in [3.05, 3.63) is 29.8 Å². The number of rotatable bonds is 0. The zero-order chi connectivity index (χ0) is 9.56. The summed E-state index contributed by atoms with van der Waals surface area (Å²) in [4.78, 5) is 8.89. The summed E-state index contributed by atoms with van der Waals surface area (Å²) in [5, 5.41) is 10.2. The van der Waals surface area contributed by atoms with Crippen molar-refractivity contribution in [2.45, 2.75) is 13.8 Å². The molecule has 0 bridgehead atoms. The summed E-state index contributed by atoms with van der Waals surface area (Å²) < 4.78 is 0. The van der Waals surface area contributed by atoms with Gasteiger partial charge in [0.15, 0.2) is 0 Å². The van der Waals surface area contributed by atoms with Gasteiger partial charge in [-0.3, -0.25) is 0 Å². The van der Waals surface area contributed by atoms with E-state index in [1.807, 2.05) is 12.1 Å². The van der Waals surface area contributed by atoms with Crippen LogP contribution in [0.25, 0.3) is 0 Å². The number of hydrogen-bond acceptors (Lipinski definition) is 2. The molecule has 0 spiro atoms. The van der Waals surface area contributed by atoms with Gasteiger partial charge in [-0.05, 0) is 24.7 Å². The number of carbonyl (C=O) groups excluding carboxylic acids is 1. The first-order chi connectivity index (χ1) is 5.54. The Bertz CT molecular complexity index is 239. The molecule has 2 nitrogen and oxygen atoms in total. The van der Waals surface area contributed by atoms with Crippen LogP contribution in [0.15, 0.2) is 24.3 Å². The fourth-order valence-electron chi connectivity index (χ4n) is 0.587. The molecule has 0 saturated carbocycles. The molecule has 1 unspecified atom stereocenters. The van der Waals surface area contributed by atoms with Gasteiger partial charge in [0.2, 0.25) is 0 Å². The maximum absolute atomic E-state index is 8.89. The Morgan fingerprint density at radius 1 is 1.38 bits per heavy atom. The number of carboxylic acid groups (broad SMARTS) is 1. The SMILES string of the molecule is CC(=O)[O-].Cc1ccccc1P.[K+]. The fourth-order valence-corrected chi connectivity index (χ4v) is 0.794. The Morgan fingerprint density at radius 2 is 1.77 bits per heavy atom. The quantitative estimate of drug-likeness (QED) is 0.353. The third-order valence-corrected chi connectivity index (χ3v) is 1.84. The van der Waals surface area contributed by atoms with Crippen molar-refractivity contribution in [3.8, 4) is 0 Å². The van der Waals surface area contributed by atoms with E-state index in [2.05, 4.69) is 28.3 Å². The van der Waals surface area contributed by atoms with Gasteiger partial charge in [0.25, 0.3) is 0 Å². The van der Waals surface area contributed by atoms with Gasteiger partial charge in [0, 0.05) is 5.97 Å². The van der Waals surface area contributed by atoms with Crippen LogP contribution in [0.1, 0.15) is 12.5 Å². The van der Waals surface area contributed by atoms with Gasteiger partial charge in [-0.1, -0.05) is 24.3 Å². The molecule has 1 rings (SSSR count). The van der Waals surface area contributed by atoms with E-state index in [1.165, 1.54) is 10.9 Å². The Morgan fingerprint density at radius 3 is 2.00 bits per heavy atom. The van der Waals surface area contributed by atoms with Crippen molar-refractivity contribution < 1.29 is 61.3 Å². The number of aliphatic carboxylic acids is 1. The summed E-state index contributed by atoms with van der Waals surface area (Å²) in [6.45, 7) is 3.07. The Hall–Kier alpha value is 0.756. The van der Waals surface area contributed by atoms with E-state index >= 15 is 0 Å². The number of carboxylic acids is 1. The minimum Gasteiger partial charge on any atom is -0.550 e. The van der Waals surface area contributed by atoms with Gasteiger partial charge >= 0.3 is 51.4 Å². The van der Waals surface area contributed by atoms with Gasteiger partial charge in [-0.2, -0.15) is 0 Å². The first kappa shape index (κ1) is 16.2. The fraction of sp³-hybridized carbons (Fsp3) is 0.222. The third-order valence-electron chi connectivity index (χ3n) is 1.19. The van der Waals surface area contributed by atoms with Crippen LogP contribution in [0, 0.1) is 6.92 Å². The molecule has 1 atom stereocenters. The first-order valence-corrected chi connectivity index (χ1v) is 4.10. The van der Waals surface area contributed by atoms with Crippen molar-refractivity contribution in [3.63, 3.8) is 0 Å². The molecule has 0 aliphatic carbocycles. The monoisotopic (exact) mass is 222 g/mol. The second kappa shape index (κ2) is 9.32. The van der Waals surface area contributed by atoms with Crippen molar-refractivity contribution in [2.24, 2.45) is 0 Å². The number of carbonyl (C=O) groups is 1. The maximum atomic E-state index is 8.89. The van der Waals surface area contributed by atoms with Gasteiger partial charge < -0.3 is 9.90 Å². The predicted octanol–water partition coefficient (Wildman–Crippen LogP) is -2.74. The number of benzene rings is 1. The van der Waals surface area contributed by atoms with Crippen LogP contribution in [-0.4, -0.2) is 5.97 Å². The topological polar surface area (TPSA) is 40.1 Å². The van der Waals surface area contributed by atoms with E-state index in [1.54, 1.807) is 0 Å². The largest absolute Gasteiger partial charge is 1.00 e. The Kier molecular flexibility index (Phi) is 11.6. The molecule has 1 aromatic rings. The third kappa shape index (κ3) is 10.7. The van der Waals surface area contributed by atoms with Crippen molar-refractivity contribution in [1.82, 2.24) is 0 Å². The van der Waals surface area contributed by atoms with Gasteiger partial charge in [0.05, 0.1) is 0 Å². The van der Waals surface area contributed by atoms with Gasteiger partial charge in [0.1, 0.15) is 0 Å². The first-order valence-electron chi connectivity index (χ1n) is 3.52. The van der Waals surface area contributed by atoms with Crippen LogP contribution in [0.5, 0.6) is 0 Å². The summed E-state index contributed by atoms with van der Waals surface area (Å²) in [5.41, 5.74) is 1.33. The van der Waals surface area contributed by atoms with Crippen molar-refractivity contribution in [2.75, 3.05) is 0 Å². The predicted molar refractivity (Wildman–Crippen MR) is 51.2 cm³/mol. The summed E-state index contributed by atoms with van der Waals surface area (Å²) in [7, 11) is 2.69. The van der Waals surface area contributed by atoms with Crippen LogP contribution in [-0.2, 0) is 4.79 Å². The molecule has 0 aliphatic rings. The van der Waals surface area contributed by atoms with Crippen molar-refractivity contribution in [1.29, 1.82) is 0 Å². The van der Waals surface area contributed by atoms with E-state index in [9.17, 15) is 0 Å². The molecule has 13 heavy (non-hydrogen) atoms. The van der Waals surface area contributed by atoms with Crippen LogP contribution in [0.2, 0.25) is 0 Å². The molecule has 0 aliphatic heterocycles. The van der Waals surface area contributed by atoms with Gasteiger partial charge in [-0.25, -0.2) is 0 Å². The second-order valence-electron chi connectivity index (χ2n) is 2.35. The summed E-state index contributed by atoms with van der Waals surface area (Å²) >= 11 is 0.